The maximum Gasteiger partial charge on any atom is 0.433 e. The van der Waals surface area contributed by atoms with E-state index in [2.05, 4.69) is 15.1 Å². The molecule has 1 aliphatic rings. The number of aromatic nitrogens is 4. The molecule has 0 aromatic carbocycles. The van der Waals surface area contributed by atoms with Gasteiger partial charge in [-0.1, -0.05) is 19.9 Å². The number of nitrogens with zero attached hydrogens (tertiary/aromatic N) is 5. The number of pyridine rings is 1. The van der Waals surface area contributed by atoms with Crippen molar-refractivity contribution in [3.63, 3.8) is 0 Å². The predicted molar refractivity (Wildman–Crippen MR) is 109 cm³/mol. The molecular formula is C22H24F3N5O. The average molecular weight is 431 g/mol. The van der Waals surface area contributed by atoms with Crippen LogP contribution in [0.3, 0.4) is 0 Å². The second-order valence-electron chi connectivity index (χ2n) is 8.23. The lowest BCUT2D eigenvalue weighted by Crippen LogP contribution is -2.40. The maximum atomic E-state index is 13.6. The molecule has 0 bridgehead atoms. The molecule has 3 aromatic heterocycles. The summed E-state index contributed by atoms with van der Waals surface area (Å²) in [5, 5.41) is 4.26. The van der Waals surface area contributed by atoms with Gasteiger partial charge in [-0.2, -0.15) is 18.3 Å². The summed E-state index contributed by atoms with van der Waals surface area (Å²) >= 11 is 0. The van der Waals surface area contributed by atoms with Gasteiger partial charge in [0, 0.05) is 42.7 Å². The largest absolute Gasteiger partial charge is 0.433 e. The summed E-state index contributed by atoms with van der Waals surface area (Å²) in [7, 11) is 0. The summed E-state index contributed by atoms with van der Waals surface area (Å²) < 4.78 is 41.8. The first kappa shape index (κ1) is 21.3. The van der Waals surface area contributed by atoms with Crippen LogP contribution >= 0.6 is 0 Å². The monoisotopic (exact) mass is 431 g/mol. The summed E-state index contributed by atoms with van der Waals surface area (Å²) in [5.74, 6) is -0.311. The van der Waals surface area contributed by atoms with Crippen molar-refractivity contribution in [2.24, 2.45) is 0 Å². The zero-order chi connectivity index (χ0) is 22.2. The minimum Gasteiger partial charge on any atom is -0.342 e. The quantitative estimate of drug-likeness (QED) is 0.621. The Hall–Kier alpha value is -2.97. The second-order valence-corrected chi connectivity index (χ2v) is 8.23. The highest BCUT2D eigenvalue weighted by atomic mass is 19.4. The highest BCUT2D eigenvalue weighted by molar-refractivity contribution is 5.78. The third-order valence-corrected chi connectivity index (χ3v) is 5.60. The number of rotatable bonds is 4. The highest BCUT2D eigenvalue weighted by Crippen LogP contribution is 2.33. The molecule has 1 aliphatic heterocycles. The summed E-state index contributed by atoms with van der Waals surface area (Å²) in [6.45, 7) is 4.66. The molecule has 9 heteroatoms. The Balaban J connectivity index is 1.60. The van der Waals surface area contributed by atoms with Crippen molar-refractivity contribution >= 4 is 11.6 Å². The summed E-state index contributed by atoms with van der Waals surface area (Å²) in [5.41, 5.74) is 0.968. The zero-order valence-electron chi connectivity index (χ0n) is 17.4. The molecule has 1 amide bonds. The smallest absolute Gasteiger partial charge is 0.342 e. The SMILES string of the molecule is CC(C)c1cc(C(F)(F)F)n2nc(C3CCCN(C(=O)Cc4ccccn4)C3)cc2n1. The fraction of sp³-hybridized carbons (Fsp3) is 0.455. The van der Waals surface area contributed by atoms with Gasteiger partial charge in [0.2, 0.25) is 5.91 Å². The van der Waals surface area contributed by atoms with Crippen LogP contribution in [-0.4, -0.2) is 43.5 Å². The van der Waals surface area contributed by atoms with Crippen LogP contribution in [0.2, 0.25) is 0 Å². The Morgan fingerprint density at radius 2 is 2.06 bits per heavy atom. The number of hydrogen-bond donors (Lipinski definition) is 0. The van der Waals surface area contributed by atoms with Crippen LogP contribution in [0.1, 0.15) is 61.3 Å². The lowest BCUT2D eigenvalue weighted by atomic mass is 9.94. The van der Waals surface area contributed by atoms with E-state index in [4.69, 9.17) is 0 Å². The summed E-state index contributed by atoms with van der Waals surface area (Å²) in [6.07, 6.45) is -1.16. The first-order chi connectivity index (χ1) is 14.7. The van der Waals surface area contributed by atoms with Gasteiger partial charge < -0.3 is 4.90 Å². The second kappa shape index (κ2) is 8.28. The normalized spacial score (nSPS) is 17.5. The molecule has 0 N–H and O–H groups in total. The summed E-state index contributed by atoms with van der Waals surface area (Å²) in [6, 6.07) is 8.12. The van der Waals surface area contributed by atoms with Crippen LogP contribution in [-0.2, 0) is 17.4 Å². The number of carbonyl (C=O) groups is 1. The van der Waals surface area contributed by atoms with E-state index < -0.39 is 11.9 Å². The standard InChI is InChI=1S/C22H24F3N5O/c1-14(2)17-11-19(22(23,24)25)30-20(27-17)12-18(28-30)15-6-5-9-29(13-15)21(31)10-16-7-3-4-8-26-16/h3-4,7-8,11-12,14-15H,5-6,9-10,13H2,1-2H3. The van der Waals surface area contributed by atoms with E-state index in [0.717, 1.165) is 23.4 Å². The number of likely N-dealkylation sites (tertiary alicyclic amines) is 1. The first-order valence-electron chi connectivity index (χ1n) is 10.4. The van der Waals surface area contributed by atoms with Gasteiger partial charge in [-0.05, 0) is 37.0 Å². The number of fused-ring (bicyclic) bond motifs is 1. The lowest BCUT2D eigenvalue weighted by molar-refractivity contribution is -0.142. The molecule has 6 nitrogen and oxygen atoms in total. The van der Waals surface area contributed by atoms with Crippen molar-refractivity contribution in [1.29, 1.82) is 0 Å². The van der Waals surface area contributed by atoms with Gasteiger partial charge in [0.25, 0.3) is 0 Å². The van der Waals surface area contributed by atoms with Crippen molar-refractivity contribution in [2.75, 3.05) is 13.1 Å². The molecule has 0 radical (unpaired) electrons. The molecule has 1 saturated heterocycles. The molecule has 0 spiro atoms. The van der Waals surface area contributed by atoms with Crippen molar-refractivity contribution in [2.45, 2.75) is 51.1 Å². The topological polar surface area (TPSA) is 63.4 Å². The maximum absolute atomic E-state index is 13.6. The molecule has 31 heavy (non-hydrogen) atoms. The number of hydrogen-bond acceptors (Lipinski definition) is 4. The Labute approximate surface area is 178 Å². The molecule has 1 unspecified atom stereocenters. The predicted octanol–water partition coefficient (Wildman–Crippen LogP) is 4.22. The van der Waals surface area contributed by atoms with E-state index in [0.29, 0.717) is 30.2 Å². The van der Waals surface area contributed by atoms with E-state index in [9.17, 15) is 18.0 Å². The minimum absolute atomic E-state index is 0.0386. The molecular weight excluding hydrogens is 407 g/mol. The molecule has 164 valence electrons. The third-order valence-electron chi connectivity index (χ3n) is 5.60. The van der Waals surface area contributed by atoms with E-state index in [-0.39, 0.29) is 29.8 Å². The van der Waals surface area contributed by atoms with Crippen LogP contribution in [0.5, 0.6) is 0 Å². The Bertz CT molecular complexity index is 1080. The highest BCUT2D eigenvalue weighted by Gasteiger charge is 2.36. The minimum atomic E-state index is -4.54. The molecule has 1 fully saturated rings. The fourth-order valence-corrected chi connectivity index (χ4v) is 3.92. The fourth-order valence-electron chi connectivity index (χ4n) is 3.92. The number of halogens is 3. The number of carbonyl (C=O) groups excluding carboxylic acids is 1. The van der Waals surface area contributed by atoms with Crippen molar-refractivity contribution in [1.82, 2.24) is 24.5 Å². The van der Waals surface area contributed by atoms with Crippen molar-refractivity contribution in [3.05, 3.63) is 59.3 Å². The average Bonchev–Trinajstić information content (AvgIpc) is 3.17. The Morgan fingerprint density at radius 1 is 1.26 bits per heavy atom. The van der Waals surface area contributed by atoms with Gasteiger partial charge >= 0.3 is 6.18 Å². The Kier molecular flexibility index (Phi) is 5.68. The number of alkyl halides is 3. The van der Waals surface area contributed by atoms with Gasteiger partial charge in [-0.3, -0.25) is 9.78 Å². The van der Waals surface area contributed by atoms with Crippen LogP contribution in [0.4, 0.5) is 13.2 Å². The van der Waals surface area contributed by atoms with Crippen LogP contribution < -0.4 is 0 Å². The van der Waals surface area contributed by atoms with E-state index in [1.807, 2.05) is 19.9 Å². The molecule has 0 saturated carbocycles. The third kappa shape index (κ3) is 4.55. The van der Waals surface area contributed by atoms with Gasteiger partial charge in [-0.25, -0.2) is 9.50 Å². The molecule has 0 aliphatic carbocycles. The van der Waals surface area contributed by atoms with Crippen LogP contribution in [0, 0.1) is 0 Å². The lowest BCUT2D eigenvalue weighted by Gasteiger charge is -2.32. The van der Waals surface area contributed by atoms with Crippen molar-refractivity contribution < 1.29 is 18.0 Å². The molecule has 4 heterocycles. The number of amides is 1. The zero-order valence-corrected chi connectivity index (χ0v) is 17.4. The van der Waals surface area contributed by atoms with Gasteiger partial charge in [0.05, 0.1) is 12.1 Å². The van der Waals surface area contributed by atoms with Crippen LogP contribution in [0.15, 0.2) is 36.5 Å². The van der Waals surface area contributed by atoms with Gasteiger partial charge in [-0.15, -0.1) is 0 Å². The number of piperidine rings is 1. The van der Waals surface area contributed by atoms with Gasteiger partial charge in [0.1, 0.15) is 5.69 Å². The van der Waals surface area contributed by atoms with Crippen molar-refractivity contribution in [3.8, 4) is 0 Å². The molecule has 4 rings (SSSR count). The molecule has 1 atom stereocenters. The van der Waals surface area contributed by atoms with E-state index in [1.54, 1.807) is 29.3 Å². The Morgan fingerprint density at radius 3 is 2.74 bits per heavy atom. The van der Waals surface area contributed by atoms with E-state index in [1.165, 1.54) is 0 Å². The molecule has 3 aromatic rings. The van der Waals surface area contributed by atoms with E-state index >= 15 is 0 Å². The summed E-state index contributed by atoms with van der Waals surface area (Å²) in [4.78, 5) is 23.1. The van der Waals surface area contributed by atoms with Crippen LogP contribution in [0.25, 0.3) is 5.65 Å². The van der Waals surface area contributed by atoms with Gasteiger partial charge in [0.15, 0.2) is 5.65 Å². The first-order valence-corrected chi connectivity index (χ1v) is 10.4.